The van der Waals surface area contributed by atoms with Crippen molar-refractivity contribution in [3.63, 3.8) is 0 Å². The van der Waals surface area contributed by atoms with E-state index in [4.69, 9.17) is 17.3 Å². The number of carbonyl (C=O) groups excluding carboxylic acids is 3. The van der Waals surface area contributed by atoms with Crippen LogP contribution in [0.5, 0.6) is 0 Å². The molecule has 1 unspecified atom stereocenters. The molecule has 1 aliphatic rings. The summed E-state index contributed by atoms with van der Waals surface area (Å²) >= 11 is 6.02. The summed E-state index contributed by atoms with van der Waals surface area (Å²) in [6.45, 7) is 0.561. The molecule has 1 fully saturated rings. The van der Waals surface area contributed by atoms with E-state index in [1.807, 2.05) is 30.3 Å². The molecule has 27 heavy (non-hydrogen) atoms. The van der Waals surface area contributed by atoms with Gasteiger partial charge < -0.3 is 16.0 Å². The first kappa shape index (κ1) is 18.9. The predicted molar refractivity (Wildman–Crippen MR) is 103 cm³/mol. The fourth-order valence-corrected chi connectivity index (χ4v) is 3.50. The van der Waals surface area contributed by atoms with Crippen molar-refractivity contribution < 1.29 is 14.4 Å². The third-order valence-corrected chi connectivity index (χ3v) is 4.89. The minimum Gasteiger partial charge on any atom is -0.366 e. The number of likely N-dealkylation sites (tertiary alicyclic amines) is 1. The molecule has 0 aliphatic carbocycles. The minimum absolute atomic E-state index is 0.0686. The Morgan fingerprint density at radius 3 is 2.56 bits per heavy atom. The third-order valence-electron chi connectivity index (χ3n) is 4.58. The van der Waals surface area contributed by atoms with Crippen LogP contribution in [0.1, 0.15) is 28.8 Å². The molecule has 0 bridgehead atoms. The fourth-order valence-electron chi connectivity index (χ4n) is 3.23. The largest absolute Gasteiger partial charge is 0.366 e. The van der Waals surface area contributed by atoms with E-state index in [2.05, 4.69) is 5.32 Å². The molecular weight excluding hydrogens is 366 g/mol. The van der Waals surface area contributed by atoms with Crippen LogP contribution in [-0.2, 0) is 16.0 Å². The van der Waals surface area contributed by atoms with Crippen molar-refractivity contribution in [3.8, 4) is 0 Å². The number of primary amides is 1. The molecule has 3 amide bonds. The van der Waals surface area contributed by atoms with Crippen LogP contribution in [-0.4, -0.2) is 35.2 Å². The molecule has 0 radical (unpaired) electrons. The van der Waals surface area contributed by atoms with E-state index in [0.717, 1.165) is 12.0 Å². The standard InChI is InChI=1S/C20H20ClN3O3/c21-16-12-14(8-9-15(16)19(22)26)23-20(27)17-7-4-10-24(17)18(25)11-13-5-2-1-3-6-13/h1-3,5-6,8-9,12,17H,4,7,10-11H2,(H2,22,26)(H,23,27). The number of hydrogen-bond acceptors (Lipinski definition) is 3. The van der Waals surface area contributed by atoms with Crippen LogP contribution in [0.3, 0.4) is 0 Å². The maximum Gasteiger partial charge on any atom is 0.250 e. The molecule has 2 aromatic rings. The molecule has 0 aromatic heterocycles. The topological polar surface area (TPSA) is 92.5 Å². The predicted octanol–water partition coefficient (Wildman–Crippen LogP) is 2.61. The Labute approximate surface area is 162 Å². The number of halogens is 1. The summed E-state index contributed by atoms with van der Waals surface area (Å²) < 4.78 is 0. The first-order valence-corrected chi connectivity index (χ1v) is 9.07. The number of hydrogen-bond donors (Lipinski definition) is 2. The number of nitrogens with zero attached hydrogens (tertiary/aromatic N) is 1. The van der Waals surface area contributed by atoms with Crippen LogP contribution in [0.2, 0.25) is 5.02 Å². The average Bonchev–Trinajstić information content (AvgIpc) is 3.12. The molecule has 3 rings (SSSR count). The second-order valence-electron chi connectivity index (χ2n) is 6.46. The molecule has 3 N–H and O–H groups in total. The Bertz CT molecular complexity index is 870. The van der Waals surface area contributed by atoms with Crippen molar-refractivity contribution in [2.75, 3.05) is 11.9 Å². The highest BCUT2D eigenvalue weighted by Gasteiger charge is 2.34. The van der Waals surface area contributed by atoms with E-state index < -0.39 is 11.9 Å². The van der Waals surface area contributed by atoms with Gasteiger partial charge in [-0.3, -0.25) is 14.4 Å². The van der Waals surface area contributed by atoms with Crippen molar-refractivity contribution in [2.24, 2.45) is 5.73 Å². The maximum absolute atomic E-state index is 12.7. The summed E-state index contributed by atoms with van der Waals surface area (Å²) in [5.41, 5.74) is 6.79. The molecule has 6 nitrogen and oxygen atoms in total. The second kappa shape index (κ2) is 8.22. The summed E-state index contributed by atoms with van der Waals surface area (Å²) in [6.07, 6.45) is 1.66. The van der Waals surface area contributed by atoms with Crippen LogP contribution in [0, 0.1) is 0 Å². The van der Waals surface area contributed by atoms with Crippen LogP contribution in [0.4, 0.5) is 5.69 Å². The van der Waals surface area contributed by atoms with Gasteiger partial charge in [0.2, 0.25) is 17.7 Å². The van der Waals surface area contributed by atoms with E-state index >= 15 is 0 Å². The molecule has 1 aliphatic heterocycles. The van der Waals surface area contributed by atoms with Gasteiger partial charge in [0.1, 0.15) is 6.04 Å². The number of nitrogens with two attached hydrogens (primary N) is 1. The quantitative estimate of drug-likeness (QED) is 0.828. The van der Waals surface area contributed by atoms with Gasteiger partial charge >= 0.3 is 0 Å². The molecular formula is C20H20ClN3O3. The summed E-state index contributed by atoms with van der Waals surface area (Å²) in [7, 11) is 0. The number of rotatable bonds is 5. The van der Waals surface area contributed by atoms with E-state index in [1.165, 1.54) is 12.1 Å². The zero-order valence-electron chi connectivity index (χ0n) is 14.7. The first-order chi connectivity index (χ1) is 13.0. The van der Waals surface area contributed by atoms with E-state index in [-0.39, 0.29) is 28.8 Å². The highest BCUT2D eigenvalue weighted by atomic mass is 35.5. The number of anilines is 1. The lowest BCUT2D eigenvalue weighted by Gasteiger charge is -2.24. The number of carbonyl (C=O) groups is 3. The Hall–Kier alpha value is -2.86. The minimum atomic E-state index is -0.633. The van der Waals surface area contributed by atoms with Gasteiger partial charge in [-0.15, -0.1) is 0 Å². The second-order valence-corrected chi connectivity index (χ2v) is 6.86. The molecule has 0 saturated carbocycles. The average molecular weight is 386 g/mol. The highest BCUT2D eigenvalue weighted by molar-refractivity contribution is 6.34. The molecule has 1 saturated heterocycles. The zero-order chi connectivity index (χ0) is 19.4. The molecule has 140 valence electrons. The molecule has 1 atom stereocenters. The van der Waals surface area contributed by atoms with Crippen molar-refractivity contribution in [3.05, 3.63) is 64.7 Å². The van der Waals surface area contributed by atoms with Gasteiger partial charge in [0.25, 0.3) is 0 Å². The summed E-state index contributed by atoms with van der Waals surface area (Å²) in [5, 5.41) is 2.94. The lowest BCUT2D eigenvalue weighted by atomic mass is 10.1. The normalized spacial score (nSPS) is 16.2. The molecule has 7 heteroatoms. The van der Waals surface area contributed by atoms with E-state index in [9.17, 15) is 14.4 Å². The summed E-state index contributed by atoms with van der Waals surface area (Å²) in [4.78, 5) is 38.2. The molecule has 2 aromatic carbocycles. The number of amides is 3. The smallest absolute Gasteiger partial charge is 0.250 e. The van der Waals surface area contributed by atoms with Crippen LogP contribution >= 0.6 is 11.6 Å². The Kier molecular flexibility index (Phi) is 5.76. The van der Waals surface area contributed by atoms with Gasteiger partial charge in [0.15, 0.2) is 0 Å². The monoisotopic (exact) mass is 385 g/mol. The highest BCUT2D eigenvalue weighted by Crippen LogP contribution is 2.23. The van der Waals surface area contributed by atoms with Gasteiger partial charge in [0.05, 0.1) is 17.0 Å². The van der Waals surface area contributed by atoms with E-state index in [1.54, 1.807) is 11.0 Å². The summed E-state index contributed by atoms with van der Waals surface area (Å²) in [5.74, 6) is -0.968. The summed E-state index contributed by atoms with van der Waals surface area (Å²) in [6, 6.07) is 13.4. The van der Waals surface area contributed by atoms with Crippen molar-refractivity contribution >= 4 is 35.0 Å². The van der Waals surface area contributed by atoms with Crippen molar-refractivity contribution in [2.45, 2.75) is 25.3 Å². The number of benzene rings is 2. The fraction of sp³-hybridized carbons (Fsp3) is 0.250. The van der Waals surface area contributed by atoms with Gasteiger partial charge in [0, 0.05) is 12.2 Å². The van der Waals surface area contributed by atoms with Crippen LogP contribution < -0.4 is 11.1 Å². The van der Waals surface area contributed by atoms with Gasteiger partial charge in [-0.2, -0.15) is 0 Å². The van der Waals surface area contributed by atoms with Crippen molar-refractivity contribution in [1.82, 2.24) is 4.90 Å². The SMILES string of the molecule is NC(=O)c1ccc(NC(=O)C2CCCN2C(=O)Cc2ccccc2)cc1Cl. The lowest BCUT2D eigenvalue weighted by Crippen LogP contribution is -2.43. The van der Waals surface area contributed by atoms with Crippen LogP contribution in [0.25, 0.3) is 0 Å². The maximum atomic E-state index is 12.7. The third kappa shape index (κ3) is 4.46. The van der Waals surface area contributed by atoms with Gasteiger partial charge in [-0.25, -0.2) is 0 Å². The first-order valence-electron chi connectivity index (χ1n) is 8.69. The van der Waals surface area contributed by atoms with E-state index in [0.29, 0.717) is 18.7 Å². The Balaban J connectivity index is 1.67. The zero-order valence-corrected chi connectivity index (χ0v) is 15.4. The Morgan fingerprint density at radius 2 is 1.89 bits per heavy atom. The Morgan fingerprint density at radius 1 is 1.15 bits per heavy atom. The van der Waals surface area contributed by atoms with Crippen molar-refractivity contribution in [1.29, 1.82) is 0 Å². The molecule has 1 heterocycles. The molecule has 0 spiro atoms. The van der Waals surface area contributed by atoms with Crippen LogP contribution in [0.15, 0.2) is 48.5 Å². The lowest BCUT2D eigenvalue weighted by molar-refractivity contribution is -0.136. The number of nitrogens with one attached hydrogen (secondary N) is 1. The van der Waals surface area contributed by atoms with Gasteiger partial charge in [-0.1, -0.05) is 41.9 Å². The van der Waals surface area contributed by atoms with Gasteiger partial charge in [-0.05, 0) is 36.6 Å².